The number of esters is 1. The van der Waals surface area contributed by atoms with E-state index in [1.54, 1.807) is 0 Å². The molecule has 2 aliphatic heterocycles. The highest BCUT2D eigenvalue weighted by atomic mass is 32.2. The third-order valence-corrected chi connectivity index (χ3v) is 7.33. The van der Waals surface area contributed by atoms with Gasteiger partial charge in [-0.2, -0.15) is 11.8 Å². The fourth-order valence-electron chi connectivity index (χ4n) is 4.28. The second-order valence-electron chi connectivity index (χ2n) is 7.89. The lowest BCUT2D eigenvalue weighted by Gasteiger charge is -2.18. The number of unbranched alkanes of at least 4 members (excludes halogenated alkanes) is 2. The van der Waals surface area contributed by atoms with E-state index >= 15 is 0 Å². The van der Waals surface area contributed by atoms with Crippen LogP contribution in [0, 0.1) is 0 Å². The zero-order valence-corrected chi connectivity index (χ0v) is 17.8. The molecule has 2 N–H and O–H groups in total. The number of thioether (sulfide) groups is 1. The molecule has 30 heavy (non-hydrogen) atoms. The molecule has 2 amide bonds. The SMILES string of the molecule is O=C1N[C@H]2[C@H](CS[C@H]2CCCCCOC(=O)C(c2ccccc2)c2ccccc2)N1. The van der Waals surface area contributed by atoms with Gasteiger partial charge in [0.2, 0.25) is 0 Å². The molecule has 0 aliphatic carbocycles. The summed E-state index contributed by atoms with van der Waals surface area (Å²) in [7, 11) is 0. The maximum absolute atomic E-state index is 12.9. The summed E-state index contributed by atoms with van der Waals surface area (Å²) in [5, 5.41) is 6.50. The summed E-state index contributed by atoms with van der Waals surface area (Å²) >= 11 is 1.94. The topological polar surface area (TPSA) is 67.4 Å². The Balaban J connectivity index is 1.22. The fourth-order valence-corrected chi connectivity index (χ4v) is 5.82. The normalized spacial score (nSPS) is 22.4. The summed E-state index contributed by atoms with van der Waals surface area (Å²) in [6.45, 7) is 0.442. The maximum atomic E-state index is 12.9. The van der Waals surface area contributed by atoms with Gasteiger partial charge in [-0.05, 0) is 24.0 Å². The van der Waals surface area contributed by atoms with Gasteiger partial charge in [-0.15, -0.1) is 0 Å². The molecule has 158 valence electrons. The highest BCUT2D eigenvalue weighted by Crippen LogP contribution is 2.33. The molecule has 2 heterocycles. The Hall–Kier alpha value is -2.47. The van der Waals surface area contributed by atoms with Gasteiger partial charge in [0, 0.05) is 11.0 Å². The van der Waals surface area contributed by atoms with Gasteiger partial charge < -0.3 is 15.4 Å². The zero-order chi connectivity index (χ0) is 20.8. The largest absolute Gasteiger partial charge is 0.465 e. The molecule has 2 aliphatic rings. The molecule has 0 aromatic heterocycles. The van der Waals surface area contributed by atoms with E-state index < -0.39 is 5.92 Å². The van der Waals surface area contributed by atoms with Crippen LogP contribution in [0.15, 0.2) is 60.7 Å². The van der Waals surface area contributed by atoms with Crippen molar-refractivity contribution in [1.82, 2.24) is 10.6 Å². The quantitative estimate of drug-likeness (QED) is 0.362. The molecule has 0 radical (unpaired) electrons. The zero-order valence-electron chi connectivity index (χ0n) is 17.0. The van der Waals surface area contributed by atoms with Gasteiger partial charge >= 0.3 is 12.0 Å². The predicted molar refractivity (Wildman–Crippen MR) is 120 cm³/mol. The highest BCUT2D eigenvalue weighted by Gasteiger charge is 2.42. The van der Waals surface area contributed by atoms with E-state index in [0.717, 1.165) is 42.6 Å². The summed E-state index contributed by atoms with van der Waals surface area (Å²) in [4.78, 5) is 24.3. The summed E-state index contributed by atoms with van der Waals surface area (Å²) in [5.74, 6) is 0.408. The smallest absolute Gasteiger partial charge is 0.317 e. The van der Waals surface area contributed by atoms with E-state index in [0.29, 0.717) is 11.9 Å². The minimum atomic E-state index is -0.391. The molecule has 2 fully saturated rings. The molecular weight excluding hydrogens is 396 g/mol. The molecule has 0 saturated carbocycles. The van der Waals surface area contributed by atoms with Gasteiger partial charge in [0.1, 0.15) is 5.92 Å². The Morgan fingerprint density at radius 1 is 0.967 bits per heavy atom. The van der Waals surface area contributed by atoms with Crippen molar-refractivity contribution in [2.24, 2.45) is 0 Å². The second kappa shape index (κ2) is 10.0. The van der Waals surface area contributed by atoms with Crippen molar-refractivity contribution in [2.45, 2.75) is 48.9 Å². The molecule has 6 heteroatoms. The molecule has 2 saturated heterocycles. The number of rotatable bonds is 9. The maximum Gasteiger partial charge on any atom is 0.317 e. The average molecular weight is 425 g/mol. The number of amides is 2. The summed E-state index contributed by atoms with van der Waals surface area (Å²) in [5.41, 5.74) is 1.91. The van der Waals surface area contributed by atoms with E-state index in [9.17, 15) is 9.59 Å². The monoisotopic (exact) mass is 424 g/mol. The van der Waals surface area contributed by atoms with E-state index in [4.69, 9.17) is 4.74 Å². The van der Waals surface area contributed by atoms with Crippen LogP contribution in [0.4, 0.5) is 4.79 Å². The van der Waals surface area contributed by atoms with Crippen LogP contribution in [0.1, 0.15) is 42.7 Å². The van der Waals surface area contributed by atoms with Crippen molar-refractivity contribution in [3.05, 3.63) is 71.8 Å². The van der Waals surface area contributed by atoms with Gasteiger partial charge in [0.05, 0.1) is 18.7 Å². The van der Waals surface area contributed by atoms with Gasteiger partial charge in [-0.3, -0.25) is 4.79 Å². The van der Waals surface area contributed by atoms with Crippen molar-refractivity contribution >= 4 is 23.8 Å². The average Bonchev–Trinajstić information content (AvgIpc) is 3.32. The van der Waals surface area contributed by atoms with Gasteiger partial charge in [-0.25, -0.2) is 4.79 Å². The van der Waals surface area contributed by atoms with Crippen LogP contribution in [0.2, 0.25) is 0 Å². The first kappa shape index (κ1) is 20.8. The van der Waals surface area contributed by atoms with E-state index in [-0.39, 0.29) is 24.1 Å². The molecular formula is C24H28N2O3S. The molecule has 4 rings (SSSR count). The van der Waals surface area contributed by atoms with Crippen LogP contribution in [0.3, 0.4) is 0 Å². The number of carbonyl (C=O) groups is 2. The number of benzene rings is 2. The number of fused-ring (bicyclic) bond motifs is 1. The van der Waals surface area contributed by atoms with Crippen molar-refractivity contribution < 1.29 is 14.3 Å². The standard InChI is InChI=1S/C24H28N2O3S/c27-23(21(17-10-4-1-5-11-17)18-12-6-2-7-13-18)29-15-9-3-8-14-20-22-19(16-30-20)25-24(28)26-22/h1-2,4-7,10-13,19-22H,3,8-9,14-16H2,(H2,25,26,28)/t19-,20-,22-/m0/s1. The molecule has 0 bridgehead atoms. The van der Waals surface area contributed by atoms with Crippen LogP contribution in [0.5, 0.6) is 0 Å². The summed E-state index contributed by atoms with van der Waals surface area (Å²) in [6, 6.07) is 20.1. The molecule has 0 unspecified atom stereocenters. The highest BCUT2D eigenvalue weighted by molar-refractivity contribution is 8.00. The van der Waals surface area contributed by atoms with Crippen LogP contribution in [0.25, 0.3) is 0 Å². The van der Waals surface area contributed by atoms with E-state index in [1.807, 2.05) is 72.4 Å². The van der Waals surface area contributed by atoms with Crippen molar-refractivity contribution in [3.8, 4) is 0 Å². The first-order valence-electron chi connectivity index (χ1n) is 10.7. The molecule has 2 aromatic carbocycles. The van der Waals surface area contributed by atoms with Crippen LogP contribution < -0.4 is 10.6 Å². The van der Waals surface area contributed by atoms with Gasteiger partial charge in [0.15, 0.2) is 0 Å². The second-order valence-corrected chi connectivity index (χ2v) is 9.17. The lowest BCUT2D eigenvalue weighted by Crippen LogP contribution is -2.36. The summed E-state index contributed by atoms with van der Waals surface area (Å²) in [6.07, 6.45) is 4.04. The third kappa shape index (κ3) is 4.98. The number of urea groups is 1. The van der Waals surface area contributed by atoms with E-state index in [2.05, 4.69) is 10.6 Å². The van der Waals surface area contributed by atoms with Crippen LogP contribution in [-0.4, -0.2) is 41.7 Å². The molecule has 2 aromatic rings. The van der Waals surface area contributed by atoms with Crippen molar-refractivity contribution in [2.75, 3.05) is 12.4 Å². The van der Waals surface area contributed by atoms with Crippen molar-refractivity contribution in [3.63, 3.8) is 0 Å². The van der Waals surface area contributed by atoms with E-state index in [1.165, 1.54) is 0 Å². The third-order valence-electron chi connectivity index (χ3n) is 5.82. The van der Waals surface area contributed by atoms with Gasteiger partial charge in [0.25, 0.3) is 0 Å². The first-order chi connectivity index (χ1) is 14.7. The molecule has 3 atom stereocenters. The lowest BCUT2D eigenvalue weighted by atomic mass is 9.91. The Bertz CT molecular complexity index is 807. The molecule has 0 spiro atoms. The number of nitrogens with one attached hydrogen (secondary N) is 2. The Morgan fingerprint density at radius 3 is 2.30 bits per heavy atom. The van der Waals surface area contributed by atoms with Crippen LogP contribution in [-0.2, 0) is 9.53 Å². The Morgan fingerprint density at radius 2 is 1.63 bits per heavy atom. The Labute approximate surface area is 182 Å². The number of hydrogen-bond donors (Lipinski definition) is 2. The lowest BCUT2D eigenvalue weighted by molar-refractivity contribution is -0.144. The predicted octanol–water partition coefficient (Wildman–Crippen LogP) is 4.09. The summed E-state index contributed by atoms with van der Waals surface area (Å²) < 4.78 is 5.66. The fraction of sp³-hybridized carbons (Fsp3) is 0.417. The Kier molecular flexibility index (Phi) is 6.95. The van der Waals surface area contributed by atoms with Crippen LogP contribution >= 0.6 is 11.8 Å². The number of ether oxygens (including phenoxy) is 1. The van der Waals surface area contributed by atoms with Gasteiger partial charge in [-0.1, -0.05) is 73.5 Å². The minimum Gasteiger partial charge on any atom is -0.465 e. The molecule has 5 nitrogen and oxygen atoms in total. The first-order valence-corrected chi connectivity index (χ1v) is 11.7. The number of carbonyl (C=O) groups excluding carboxylic acids is 2. The van der Waals surface area contributed by atoms with Crippen molar-refractivity contribution in [1.29, 1.82) is 0 Å². The number of hydrogen-bond acceptors (Lipinski definition) is 4. The minimum absolute atomic E-state index is 0.0337.